The van der Waals surface area contributed by atoms with Crippen LogP contribution in [0.1, 0.15) is 38.2 Å². The highest BCUT2D eigenvalue weighted by atomic mass is 16.5. The molecule has 1 aliphatic carbocycles. The molecule has 21 heavy (non-hydrogen) atoms. The van der Waals surface area contributed by atoms with E-state index in [0.29, 0.717) is 11.5 Å². The number of fused-ring (bicyclic) bond motifs is 1. The fraction of sp³-hybridized carbons (Fsp3) is 0.471. The van der Waals surface area contributed by atoms with E-state index in [1.165, 1.54) is 12.0 Å². The molecule has 0 radical (unpaired) electrons. The van der Waals surface area contributed by atoms with Crippen LogP contribution in [0.4, 0.5) is 5.69 Å². The molecule has 1 aromatic rings. The predicted octanol–water partition coefficient (Wildman–Crippen LogP) is 3.41. The van der Waals surface area contributed by atoms with Crippen LogP contribution in [-0.2, 0) is 10.2 Å². The molecule has 3 rings (SSSR count). The second kappa shape index (κ2) is 5.10. The molecule has 1 amide bonds. The van der Waals surface area contributed by atoms with E-state index < -0.39 is 5.41 Å². The molecule has 1 atom stereocenters. The van der Waals surface area contributed by atoms with E-state index in [4.69, 9.17) is 9.47 Å². The number of carbonyl (C=O) groups is 1. The van der Waals surface area contributed by atoms with Crippen molar-refractivity contribution in [3.63, 3.8) is 0 Å². The van der Waals surface area contributed by atoms with Crippen molar-refractivity contribution in [3.05, 3.63) is 29.3 Å². The van der Waals surface area contributed by atoms with Gasteiger partial charge in [-0.1, -0.05) is 11.6 Å². The molecule has 1 N–H and O–H groups in total. The lowest BCUT2D eigenvalue weighted by atomic mass is 9.72. The van der Waals surface area contributed by atoms with E-state index >= 15 is 0 Å². The van der Waals surface area contributed by atoms with Gasteiger partial charge < -0.3 is 14.8 Å². The highest BCUT2D eigenvalue weighted by Crippen LogP contribution is 2.50. The number of hydrogen-bond acceptors (Lipinski definition) is 3. The first-order valence-electron chi connectivity index (χ1n) is 7.38. The van der Waals surface area contributed by atoms with Gasteiger partial charge in [0, 0.05) is 17.7 Å². The number of benzene rings is 1. The Bertz CT molecular complexity index is 621. The summed E-state index contributed by atoms with van der Waals surface area (Å²) in [6, 6.07) is 3.71. The van der Waals surface area contributed by atoms with E-state index in [-0.39, 0.29) is 5.91 Å². The Labute approximate surface area is 125 Å². The van der Waals surface area contributed by atoms with Crippen molar-refractivity contribution in [1.29, 1.82) is 0 Å². The van der Waals surface area contributed by atoms with Crippen molar-refractivity contribution >= 4 is 11.6 Å². The van der Waals surface area contributed by atoms with Crippen LogP contribution in [0.2, 0.25) is 0 Å². The highest BCUT2D eigenvalue weighted by Gasteiger charge is 2.47. The second-order valence-corrected chi connectivity index (χ2v) is 5.81. The fourth-order valence-corrected chi connectivity index (χ4v) is 3.44. The molecule has 1 aliphatic heterocycles. The number of methoxy groups -OCH3 is 2. The number of carbonyl (C=O) groups excluding carboxylic acids is 1. The topological polar surface area (TPSA) is 47.6 Å². The van der Waals surface area contributed by atoms with Crippen molar-refractivity contribution in [1.82, 2.24) is 0 Å². The SMILES string of the molecule is COc1cc2c(c(OC)c1)C(C)(C1=CCCCC1)C(=O)N2. The van der Waals surface area contributed by atoms with E-state index in [0.717, 1.165) is 30.5 Å². The number of rotatable bonds is 3. The van der Waals surface area contributed by atoms with Gasteiger partial charge in [-0.05, 0) is 32.6 Å². The van der Waals surface area contributed by atoms with Crippen molar-refractivity contribution < 1.29 is 14.3 Å². The molecular formula is C17H21NO3. The van der Waals surface area contributed by atoms with Crippen LogP contribution in [0.25, 0.3) is 0 Å². The van der Waals surface area contributed by atoms with Crippen LogP contribution >= 0.6 is 0 Å². The number of hydrogen-bond donors (Lipinski definition) is 1. The first-order chi connectivity index (χ1) is 10.1. The lowest BCUT2D eigenvalue weighted by Gasteiger charge is -2.29. The molecule has 0 bridgehead atoms. The average Bonchev–Trinajstić information content (AvgIpc) is 2.79. The minimum absolute atomic E-state index is 0.0252. The predicted molar refractivity (Wildman–Crippen MR) is 82.1 cm³/mol. The van der Waals surface area contributed by atoms with Crippen LogP contribution in [-0.4, -0.2) is 20.1 Å². The summed E-state index contributed by atoms with van der Waals surface area (Å²) in [4.78, 5) is 12.7. The molecule has 0 spiro atoms. The monoisotopic (exact) mass is 287 g/mol. The smallest absolute Gasteiger partial charge is 0.239 e. The molecule has 1 unspecified atom stereocenters. The molecule has 112 valence electrons. The summed E-state index contributed by atoms with van der Waals surface area (Å²) < 4.78 is 10.8. The van der Waals surface area contributed by atoms with Gasteiger partial charge >= 0.3 is 0 Å². The van der Waals surface area contributed by atoms with Crippen molar-refractivity contribution in [2.45, 2.75) is 38.0 Å². The number of ether oxygens (including phenoxy) is 2. The molecule has 4 nitrogen and oxygen atoms in total. The molecule has 2 aliphatic rings. The van der Waals surface area contributed by atoms with Gasteiger partial charge in [-0.15, -0.1) is 0 Å². The summed E-state index contributed by atoms with van der Waals surface area (Å²) in [5.41, 5.74) is 2.30. The molecule has 1 aromatic carbocycles. The Kier molecular flexibility index (Phi) is 3.40. The summed E-state index contributed by atoms with van der Waals surface area (Å²) >= 11 is 0. The number of nitrogens with one attached hydrogen (secondary N) is 1. The van der Waals surface area contributed by atoms with Crippen molar-refractivity contribution in [2.75, 3.05) is 19.5 Å². The van der Waals surface area contributed by atoms with E-state index in [1.807, 2.05) is 19.1 Å². The summed E-state index contributed by atoms with van der Waals surface area (Å²) in [5.74, 6) is 1.42. The zero-order valence-corrected chi connectivity index (χ0v) is 12.8. The maximum atomic E-state index is 12.7. The van der Waals surface area contributed by atoms with Crippen LogP contribution < -0.4 is 14.8 Å². The molecule has 0 fully saturated rings. The Hall–Kier alpha value is -1.97. The average molecular weight is 287 g/mol. The van der Waals surface area contributed by atoms with Gasteiger partial charge in [-0.2, -0.15) is 0 Å². The first-order valence-corrected chi connectivity index (χ1v) is 7.38. The zero-order valence-electron chi connectivity index (χ0n) is 12.8. The van der Waals surface area contributed by atoms with Gasteiger partial charge in [0.1, 0.15) is 11.5 Å². The highest BCUT2D eigenvalue weighted by molar-refractivity contribution is 6.09. The lowest BCUT2D eigenvalue weighted by Crippen LogP contribution is -2.34. The summed E-state index contributed by atoms with van der Waals surface area (Å²) in [6.07, 6.45) is 6.59. The van der Waals surface area contributed by atoms with Gasteiger partial charge in [0.15, 0.2) is 0 Å². The Morgan fingerprint density at radius 1 is 1.19 bits per heavy atom. The minimum atomic E-state index is -0.632. The summed E-state index contributed by atoms with van der Waals surface area (Å²) in [7, 11) is 3.24. The normalized spacial score (nSPS) is 24.1. The number of allylic oxidation sites excluding steroid dienone is 1. The van der Waals surface area contributed by atoms with Crippen LogP contribution in [0.15, 0.2) is 23.8 Å². The van der Waals surface area contributed by atoms with Gasteiger partial charge in [0.2, 0.25) is 5.91 Å². The molecular weight excluding hydrogens is 266 g/mol. The van der Waals surface area contributed by atoms with Gasteiger partial charge in [-0.25, -0.2) is 0 Å². The molecule has 0 aromatic heterocycles. The maximum absolute atomic E-state index is 12.7. The summed E-state index contributed by atoms with van der Waals surface area (Å²) in [6.45, 7) is 2.00. The van der Waals surface area contributed by atoms with Crippen LogP contribution in [0.5, 0.6) is 11.5 Å². The van der Waals surface area contributed by atoms with E-state index in [1.54, 1.807) is 14.2 Å². The Morgan fingerprint density at radius 3 is 2.62 bits per heavy atom. The number of anilines is 1. The van der Waals surface area contributed by atoms with E-state index in [2.05, 4.69) is 11.4 Å². The quantitative estimate of drug-likeness (QED) is 0.867. The zero-order chi connectivity index (χ0) is 15.0. The molecule has 0 saturated carbocycles. The third-order valence-electron chi connectivity index (χ3n) is 4.67. The van der Waals surface area contributed by atoms with Crippen molar-refractivity contribution in [3.8, 4) is 11.5 Å². The first kappa shape index (κ1) is 14.0. The van der Waals surface area contributed by atoms with Crippen LogP contribution in [0, 0.1) is 0 Å². The summed E-state index contributed by atoms with van der Waals surface area (Å²) in [5, 5.41) is 2.99. The van der Waals surface area contributed by atoms with Gasteiger partial charge in [0.25, 0.3) is 0 Å². The largest absolute Gasteiger partial charge is 0.497 e. The standard InChI is InChI=1S/C17H21NO3/c1-17(11-7-5-4-6-8-11)15-13(18-16(17)19)9-12(20-2)10-14(15)21-3/h7,9-10H,4-6,8H2,1-3H3,(H,18,19). The Morgan fingerprint density at radius 2 is 2.00 bits per heavy atom. The number of amides is 1. The lowest BCUT2D eigenvalue weighted by molar-refractivity contribution is -0.119. The Balaban J connectivity index is 2.18. The molecule has 1 heterocycles. The maximum Gasteiger partial charge on any atom is 0.239 e. The van der Waals surface area contributed by atoms with Gasteiger partial charge in [-0.3, -0.25) is 4.79 Å². The molecule has 4 heteroatoms. The fourth-order valence-electron chi connectivity index (χ4n) is 3.44. The second-order valence-electron chi connectivity index (χ2n) is 5.81. The van der Waals surface area contributed by atoms with E-state index in [9.17, 15) is 4.79 Å². The van der Waals surface area contributed by atoms with Crippen molar-refractivity contribution in [2.24, 2.45) is 0 Å². The minimum Gasteiger partial charge on any atom is -0.497 e. The molecule has 0 saturated heterocycles. The van der Waals surface area contributed by atoms with Gasteiger partial charge in [0.05, 0.1) is 25.3 Å². The van der Waals surface area contributed by atoms with Crippen LogP contribution in [0.3, 0.4) is 0 Å². The third kappa shape index (κ3) is 2.01. The third-order valence-corrected chi connectivity index (χ3v) is 4.67.